The molecule has 0 amide bonds. The number of nitrogens with one attached hydrogen (secondary N) is 1. The lowest BCUT2D eigenvalue weighted by molar-refractivity contribution is -0.121. The molecule has 6 nitrogen and oxygen atoms in total. The summed E-state index contributed by atoms with van der Waals surface area (Å²) in [7, 11) is 0. The Morgan fingerprint density at radius 2 is 2.27 bits per heavy atom. The van der Waals surface area contributed by atoms with Gasteiger partial charge in [0, 0.05) is 18.9 Å². The number of ketones is 1. The summed E-state index contributed by atoms with van der Waals surface area (Å²) >= 11 is 0. The molecule has 0 aromatic carbocycles. The van der Waals surface area contributed by atoms with E-state index in [0.717, 1.165) is 6.42 Å². The molecule has 1 fully saturated rings. The van der Waals surface area contributed by atoms with Crippen LogP contribution in [0.2, 0.25) is 0 Å². The van der Waals surface area contributed by atoms with Crippen LogP contribution in [0.4, 0.5) is 11.6 Å². The van der Waals surface area contributed by atoms with Crippen molar-refractivity contribution in [1.82, 2.24) is 10.3 Å². The highest BCUT2D eigenvalue weighted by Crippen LogP contribution is 2.24. The van der Waals surface area contributed by atoms with Crippen molar-refractivity contribution in [2.24, 2.45) is 5.92 Å². The van der Waals surface area contributed by atoms with Crippen molar-refractivity contribution < 1.29 is 9.42 Å². The first-order chi connectivity index (χ1) is 7.15. The monoisotopic (exact) mass is 210 g/mol. The second kappa shape index (κ2) is 3.88. The van der Waals surface area contributed by atoms with Gasteiger partial charge in [-0.1, -0.05) is 6.92 Å². The lowest BCUT2D eigenvalue weighted by Crippen LogP contribution is -2.31. The van der Waals surface area contributed by atoms with Crippen molar-refractivity contribution in [3.63, 3.8) is 0 Å². The molecule has 2 rings (SSSR count). The molecule has 1 aromatic heterocycles. The number of carbonyl (C=O) groups is 1. The maximum absolute atomic E-state index is 11.4. The Bertz CT molecular complexity index is 363. The second-order valence-electron chi connectivity index (χ2n) is 4.13. The topological polar surface area (TPSA) is 94.0 Å². The average Bonchev–Trinajstić information content (AvgIpc) is 2.50. The van der Waals surface area contributed by atoms with E-state index in [1.165, 1.54) is 0 Å². The molecular weight excluding hydrogens is 196 g/mol. The molecule has 2 atom stereocenters. The van der Waals surface area contributed by atoms with Gasteiger partial charge in [-0.15, -0.1) is 0 Å². The van der Waals surface area contributed by atoms with Gasteiger partial charge < -0.3 is 11.1 Å². The summed E-state index contributed by atoms with van der Waals surface area (Å²) in [6, 6.07) is 0.0930. The summed E-state index contributed by atoms with van der Waals surface area (Å²) in [6.07, 6.45) is 2.14. The molecule has 0 bridgehead atoms. The molecule has 15 heavy (non-hydrogen) atoms. The van der Waals surface area contributed by atoms with E-state index in [-0.39, 0.29) is 17.6 Å². The number of aromatic nitrogens is 2. The van der Waals surface area contributed by atoms with Gasteiger partial charge in [0.05, 0.1) is 0 Å². The molecule has 3 N–H and O–H groups in total. The largest absolute Gasteiger partial charge is 0.378 e. The number of hydrogen-bond donors (Lipinski definition) is 2. The fourth-order valence-electron chi connectivity index (χ4n) is 2.00. The van der Waals surface area contributed by atoms with Crippen molar-refractivity contribution in [3.05, 3.63) is 0 Å². The summed E-state index contributed by atoms with van der Waals surface area (Å²) in [6.45, 7) is 2.07. The van der Waals surface area contributed by atoms with Crippen LogP contribution in [0.1, 0.15) is 26.2 Å². The van der Waals surface area contributed by atoms with Crippen molar-refractivity contribution in [2.75, 3.05) is 11.1 Å². The van der Waals surface area contributed by atoms with Crippen molar-refractivity contribution in [1.29, 1.82) is 0 Å². The van der Waals surface area contributed by atoms with Gasteiger partial charge in [-0.2, -0.15) is 0 Å². The van der Waals surface area contributed by atoms with Crippen LogP contribution in [-0.2, 0) is 4.79 Å². The molecule has 82 valence electrons. The molecule has 0 saturated heterocycles. The maximum atomic E-state index is 11.4. The fourth-order valence-corrected chi connectivity index (χ4v) is 2.00. The highest BCUT2D eigenvalue weighted by atomic mass is 16.6. The van der Waals surface area contributed by atoms with Crippen molar-refractivity contribution in [2.45, 2.75) is 32.2 Å². The third-order valence-corrected chi connectivity index (χ3v) is 2.59. The van der Waals surface area contributed by atoms with Gasteiger partial charge in [0.15, 0.2) is 0 Å². The van der Waals surface area contributed by atoms with Crippen LogP contribution < -0.4 is 11.1 Å². The molecule has 1 heterocycles. The van der Waals surface area contributed by atoms with Gasteiger partial charge in [-0.05, 0) is 22.7 Å². The van der Waals surface area contributed by atoms with Crippen molar-refractivity contribution in [3.8, 4) is 0 Å². The predicted octanol–water partition coefficient (Wildman–Crippen LogP) is 0.821. The van der Waals surface area contributed by atoms with E-state index in [1.54, 1.807) is 0 Å². The fraction of sp³-hybridized carbons (Fsp3) is 0.667. The second-order valence-corrected chi connectivity index (χ2v) is 4.13. The Hall–Kier alpha value is -1.59. The molecule has 1 aliphatic rings. The minimum Gasteiger partial charge on any atom is -0.378 e. The van der Waals surface area contributed by atoms with Crippen LogP contribution in [0.5, 0.6) is 0 Å². The first-order valence-corrected chi connectivity index (χ1v) is 5.01. The van der Waals surface area contributed by atoms with E-state index < -0.39 is 0 Å². The number of anilines is 2. The Balaban J connectivity index is 2.00. The van der Waals surface area contributed by atoms with Crippen molar-refractivity contribution >= 4 is 17.4 Å². The first kappa shape index (κ1) is 9.95. The quantitative estimate of drug-likeness (QED) is 0.750. The molecule has 0 radical (unpaired) electrons. The smallest absolute Gasteiger partial charge is 0.215 e. The van der Waals surface area contributed by atoms with Gasteiger partial charge >= 0.3 is 0 Å². The van der Waals surface area contributed by atoms with Crippen LogP contribution in [-0.4, -0.2) is 22.1 Å². The van der Waals surface area contributed by atoms with Gasteiger partial charge in [-0.25, -0.2) is 4.63 Å². The lowest BCUT2D eigenvalue weighted by Gasteiger charge is -2.26. The van der Waals surface area contributed by atoms with Gasteiger partial charge in [-0.3, -0.25) is 4.79 Å². The third-order valence-electron chi connectivity index (χ3n) is 2.59. The zero-order valence-corrected chi connectivity index (χ0v) is 8.56. The molecule has 0 aliphatic heterocycles. The number of hydrogen-bond acceptors (Lipinski definition) is 6. The van der Waals surface area contributed by atoms with E-state index >= 15 is 0 Å². The zero-order valence-electron chi connectivity index (χ0n) is 8.56. The molecule has 0 unspecified atom stereocenters. The molecule has 0 spiro atoms. The van der Waals surface area contributed by atoms with Crippen LogP contribution >= 0.6 is 0 Å². The van der Waals surface area contributed by atoms with E-state index in [1.807, 2.05) is 0 Å². The number of Topliss-reactive ketones (excluding diaryl/α,β-unsaturated/α-hetero) is 1. The van der Waals surface area contributed by atoms with Gasteiger partial charge in [0.1, 0.15) is 5.78 Å². The number of rotatable bonds is 2. The highest BCUT2D eigenvalue weighted by molar-refractivity contribution is 5.80. The van der Waals surface area contributed by atoms with E-state index in [9.17, 15) is 4.79 Å². The normalized spacial score (nSPS) is 26.6. The van der Waals surface area contributed by atoms with E-state index in [4.69, 9.17) is 5.73 Å². The van der Waals surface area contributed by atoms with Crippen LogP contribution in [0.3, 0.4) is 0 Å². The summed E-state index contributed by atoms with van der Waals surface area (Å²) in [5.74, 6) is 1.36. The Labute approximate surface area is 87.2 Å². The Morgan fingerprint density at radius 1 is 1.47 bits per heavy atom. The maximum Gasteiger partial charge on any atom is 0.215 e. The number of carbonyl (C=O) groups excluding carboxylic acids is 1. The Morgan fingerprint density at radius 3 is 2.87 bits per heavy atom. The van der Waals surface area contributed by atoms with Crippen LogP contribution in [0.15, 0.2) is 4.63 Å². The first-order valence-electron chi connectivity index (χ1n) is 5.01. The molecular formula is C9H14N4O2. The average molecular weight is 210 g/mol. The number of nitrogens with two attached hydrogens (primary N) is 1. The van der Waals surface area contributed by atoms with Gasteiger partial charge in [0.2, 0.25) is 11.6 Å². The number of nitrogen functional groups attached to an aromatic ring is 1. The summed E-state index contributed by atoms with van der Waals surface area (Å²) < 4.78 is 4.47. The summed E-state index contributed by atoms with van der Waals surface area (Å²) in [5, 5.41) is 10.2. The van der Waals surface area contributed by atoms with E-state index in [0.29, 0.717) is 24.6 Å². The zero-order chi connectivity index (χ0) is 10.8. The molecule has 1 aliphatic carbocycles. The predicted molar refractivity (Wildman–Crippen MR) is 54.1 cm³/mol. The standard InChI is InChI=1S/C9H14N4O2/c1-5-2-6(4-7(14)3-5)11-9-8(10)12-15-13-9/h5-6H,2-4H2,1H3,(H2,10,12)(H,11,13)/t5-,6+/m1/s1. The van der Waals surface area contributed by atoms with E-state index in [2.05, 4.69) is 27.2 Å². The van der Waals surface area contributed by atoms with Gasteiger partial charge in [0.25, 0.3) is 0 Å². The third kappa shape index (κ3) is 2.26. The summed E-state index contributed by atoms with van der Waals surface area (Å²) in [4.78, 5) is 11.4. The molecule has 1 aromatic rings. The summed E-state index contributed by atoms with van der Waals surface area (Å²) in [5.41, 5.74) is 5.51. The van der Waals surface area contributed by atoms with Crippen LogP contribution in [0, 0.1) is 5.92 Å². The lowest BCUT2D eigenvalue weighted by atomic mass is 9.86. The Kier molecular flexibility index (Phi) is 2.57. The number of nitrogens with zero attached hydrogens (tertiary/aromatic N) is 2. The minimum absolute atomic E-state index is 0.0930. The van der Waals surface area contributed by atoms with Crippen LogP contribution in [0.25, 0.3) is 0 Å². The minimum atomic E-state index is 0.0930. The SMILES string of the molecule is C[C@H]1CC(=O)C[C@@H](Nc2nonc2N)C1. The molecule has 6 heteroatoms. The molecule has 1 saturated carbocycles. The highest BCUT2D eigenvalue weighted by Gasteiger charge is 2.25.